The van der Waals surface area contributed by atoms with Gasteiger partial charge in [0.25, 0.3) is 0 Å². The molecular formula is C22H39Cl2N5O. The number of aryl methyl sites for hydroxylation is 1. The summed E-state index contributed by atoms with van der Waals surface area (Å²) in [6.07, 6.45) is 5.96. The Morgan fingerprint density at radius 3 is 2.40 bits per heavy atom. The van der Waals surface area contributed by atoms with E-state index in [1.165, 1.54) is 6.42 Å². The molecule has 1 aromatic rings. The maximum atomic E-state index is 12.9. The molecule has 8 heteroatoms. The molecular weight excluding hydrogens is 421 g/mol. The molecule has 1 aliphatic heterocycles. The minimum Gasteiger partial charge on any atom is -0.356 e. The summed E-state index contributed by atoms with van der Waals surface area (Å²) in [4.78, 5) is 26.7. The Labute approximate surface area is 194 Å². The van der Waals surface area contributed by atoms with E-state index in [0.717, 1.165) is 62.7 Å². The Morgan fingerprint density at radius 1 is 1.20 bits per heavy atom. The number of rotatable bonds is 6. The van der Waals surface area contributed by atoms with Crippen molar-refractivity contribution in [2.24, 2.45) is 11.7 Å². The van der Waals surface area contributed by atoms with Crippen molar-refractivity contribution in [2.75, 3.05) is 24.5 Å². The van der Waals surface area contributed by atoms with Crippen molar-refractivity contribution in [3.63, 3.8) is 0 Å². The summed E-state index contributed by atoms with van der Waals surface area (Å²) in [5.41, 5.74) is 7.21. The SMILES string of the molecule is CCN(C(=O)C[C@@H]1CCC[C@H]1N)C1CCN(c2cc(C)nc(C(C)C)n2)CC1.Cl.Cl. The van der Waals surface area contributed by atoms with E-state index < -0.39 is 0 Å². The van der Waals surface area contributed by atoms with Crippen molar-refractivity contribution < 1.29 is 4.79 Å². The van der Waals surface area contributed by atoms with Crippen LogP contribution >= 0.6 is 24.8 Å². The minimum atomic E-state index is 0. The van der Waals surface area contributed by atoms with Crippen molar-refractivity contribution >= 4 is 36.5 Å². The topological polar surface area (TPSA) is 75.3 Å². The third kappa shape index (κ3) is 6.44. The number of carbonyl (C=O) groups excluding carboxylic acids is 1. The highest BCUT2D eigenvalue weighted by Crippen LogP contribution is 2.29. The monoisotopic (exact) mass is 459 g/mol. The van der Waals surface area contributed by atoms with Gasteiger partial charge in [0, 0.05) is 55.8 Å². The van der Waals surface area contributed by atoms with Crippen molar-refractivity contribution in [1.29, 1.82) is 0 Å². The lowest BCUT2D eigenvalue weighted by atomic mass is 9.97. The zero-order valence-corrected chi connectivity index (χ0v) is 20.5. The van der Waals surface area contributed by atoms with Crippen molar-refractivity contribution in [3.8, 4) is 0 Å². The summed E-state index contributed by atoms with van der Waals surface area (Å²) < 4.78 is 0. The van der Waals surface area contributed by atoms with E-state index in [1.807, 2.05) is 6.92 Å². The maximum Gasteiger partial charge on any atom is 0.223 e. The largest absolute Gasteiger partial charge is 0.356 e. The summed E-state index contributed by atoms with van der Waals surface area (Å²) in [7, 11) is 0. The molecule has 0 radical (unpaired) electrons. The lowest BCUT2D eigenvalue weighted by Crippen LogP contribution is -2.48. The molecule has 0 aromatic carbocycles. The van der Waals surface area contributed by atoms with Crippen molar-refractivity contribution in [2.45, 2.75) is 84.2 Å². The van der Waals surface area contributed by atoms with Crippen LogP contribution in [0.2, 0.25) is 0 Å². The number of amides is 1. The van der Waals surface area contributed by atoms with Gasteiger partial charge >= 0.3 is 0 Å². The first kappa shape index (κ1) is 26.9. The van der Waals surface area contributed by atoms with E-state index in [4.69, 9.17) is 10.7 Å². The highest BCUT2D eigenvalue weighted by atomic mass is 35.5. The summed E-state index contributed by atoms with van der Waals surface area (Å²) in [6, 6.07) is 2.62. The van der Waals surface area contributed by atoms with Gasteiger partial charge in [-0.05, 0) is 45.4 Å². The molecule has 1 aromatic heterocycles. The quantitative estimate of drug-likeness (QED) is 0.692. The van der Waals surface area contributed by atoms with Crippen LogP contribution in [-0.4, -0.2) is 52.5 Å². The fourth-order valence-electron chi connectivity index (χ4n) is 4.70. The number of halogens is 2. The molecule has 1 amide bonds. The van der Waals surface area contributed by atoms with Crippen molar-refractivity contribution in [1.82, 2.24) is 14.9 Å². The standard InChI is InChI=1S/C22H37N5O.2ClH/c1-5-27(21(28)14-17-7-6-8-19(17)23)18-9-11-26(12-10-18)20-13-16(4)24-22(25-20)15(2)3;;/h13,15,17-19H,5-12,14,23H2,1-4H3;2*1H/t17-,19+;;/m0../s1. The highest BCUT2D eigenvalue weighted by molar-refractivity contribution is 5.85. The van der Waals surface area contributed by atoms with Crippen LogP contribution in [-0.2, 0) is 4.79 Å². The van der Waals surface area contributed by atoms with Crippen LogP contribution in [0.4, 0.5) is 5.82 Å². The lowest BCUT2D eigenvalue weighted by Gasteiger charge is -2.39. The predicted molar refractivity (Wildman–Crippen MR) is 128 cm³/mol. The molecule has 1 saturated carbocycles. The van der Waals surface area contributed by atoms with E-state index in [2.05, 4.69) is 41.6 Å². The number of hydrogen-bond acceptors (Lipinski definition) is 5. The first-order valence-electron chi connectivity index (χ1n) is 11.0. The number of nitrogens with zero attached hydrogens (tertiary/aromatic N) is 4. The van der Waals surface area contributed by atoms with Crippen LogP contribution in [0, 0.1) is 12.8 Å². The van der Waals surface area contributed by atoms with Crippen LogP contribution in [0.25, 0.3) is 0 Å². The molecule has 2 fully saturated rings. The highest BCUT2D eigenvalue weighted by Gasteiger charge is 2.32. The molecule has 2 aliphatic rings. The van der Waals surface area contributed by atoms with E-state index in [1.54, 1.807) is 0 Å². The average molecular weight is 460 g/mol. The summed E-state index contributed by atoms with van der Waals surface area (Å²) >= 11 is 0. The molecule has 6 nitrogen and oxygen atoms in total. The minimum absolute atomic E-state index is 0. The van der Waals surface area contributed by atoms with Gasteiger partial charge in [0.2, 0.25) is 5.91 Å². The van der Waals surface area contributed by atoms with Crippen molar-refractivity contribution in [3.05, 3.63) is 17.6 Å². The maximum absolute atomic E-state index is 12.9. The predicted octanol–water partition coefficient (Wildman–Crippen LogP) is 4.09. The van der Waals surface area contributed by atoms with Gasteiger partial charge in [-0.1, -0.05) is 20.3 Å². The summed E-state index contributed by atoms with van der Waals surface area (Å²) in [6.45, 7) is 11.1. The van der Waals surface area contributed by atoms with E-state index >= 15 is 0 Å². The van der Waals surface area contributed by atoms with E-state index in [0.29, 0.717) is 30.2 Å². The fourth-order valence-corrected chi connectivity index (χ4v) is 4.70. The number of carbonyl (C=O) groups is 1. The Bertz CT molecular complexity index is 679. The second-order valence-corrected chi connectivity index (χ2v) is 8.84. The molecule has 0 spiro atoms. The molecule has 3 rings (SSSR count). The molecule has 1 aliphatic carbocycles. The second-order valence-electron chi connectivity index (χ2n) is 8.84. The second kappa shape index (κ2) is 12.1. The third-order valence-electron chi connectivity index (χ3n) is 6.42. The van der Waals surface area contributed by atoms with Gasteiger partial charge in [-0.2, -0.15) is 0 Å². The van der Waals surface area contributed by atoms with Crippen LogP contribution in [0.3, 0.4) is 0 Å². The van der Waals surface area contributed by atoms with Gasteiger partial charge in [-0.3, -0.25) is 4.79 Å². The van der Waals surface area contributed by atoms with Gasteiger partial charge in [0.1, 0.15) is 11.6 Å². The first-order chi connectivity index (χ1) is 13.4. The molecule has 1 saturated heterocycles. The zero-order chi connectivity index (χ0) is 20.3. The van der Waals surface area contributed by atoms with Gasteiger partial charge in [0.05, 0.1) is 0 Å². The van der Waals surface area contributed by atoms with Gasteiger partial charge < -0.3 is 15.5 Å². The number of aromatic nitrogens is 2. The number of anilines is 1. The fraction of sp³-hybridized carbons (Fsp3) is 0.773. The summed E-state index contributed by atoms with van der Waals surface area (Å²) in [5.74, 6) is 2.94. The zero-order valence-electron chi connectivity index (χ0n) is 18.8. The molecule has 172 valence electrons. The van der Waals surface area contributed by atoms with Gasteiger partial charge in [-0.25, -0.2) is 9.97 Å². The summed E-state index contributed by atoms with van der Waals surface area (Å²) in [5, 5.41) is 0. The van der Waals surface area contributed by atoms with E-state index in [-0.39, 0.29) is 30.9 Å². The van der Waals surface area contributed by atoms with E-state index in [9.17, 15) is 4.79 Å². The lowest BCUT2D eigenvalue weighted by molar-refractivity contribution is -0.134. The van der Waals surface area contributed by atoms with Gasteiger partial charge in [-0.15, -0.1) is 24.8 Å². The molecule has 2 atom stereocenters. The Hall–Kier alpha value is -1.11. The molecule has 30 heavy (non-hydrogen) atoms. The number of hydrogen-bond donors (Lipinski definition) is 1. The van der Waals surface area contributed by atoms with Crippen LogP contribution in [0.15, 0.2) is 6.07 Å². The normalized spacial score (nSPS) is 21.9. The smallest absolute Gasteiger partial charge is 0.223 e. The number of nitrogens with two attached hydrogens (primary N) is 1. The van der Waals surface area contributed by atoms with Crippen LogP contribution < -0.4 is 10.6 Å². The Morgan fingerprint density at radius 2 is 1.87 bits per heavy atom. The molecule has 0 bridgehead atoms. The van der Waals surface area contributed by atoms with Gasteiger partial charge in [0.15, 0.2) is 0 Å². The molecule has 0 unspecified atom stereocenters. The van der Waals surface area contributed by atoms with Crippen LogP contribution in [0.1, 0.15) is 76.7 Å². The average Bonchev–Trinajstić information content (AvgIpc) is 3.07. The Kier molecular flexibility index (Phi) is 10.8. The third-order valence-corrected chi connectivity index (χ3v) is 6.42. The molecule has 2 heterocycles. The number of piperidine rings is 1. The van der Waals surface area contributed by atoms with Crippen LogP contribution in [0.5, 0.6) is 0 Å². The molecule has 2 N–H and O–H groups in total. The first-order valence-corrected chi connectivity index (χ1v) is 11.0. The Balaban J connectivity index is 0.00000225.